The van der Waals surface area contributed by atoms with E-state index in [1.54, 1.807) is 0 Å². The summed E-state index contributed by atoms with van der Waals surface area (Å²) in [5.41, 5.74) is -1.10. The van der Waals surface area contributed by atoms with Crippen LogP contribution in [-0.2, 0) is 18.6 Å². The summed E-state index contributed by atoms with van der Waals surface area (Å²) in [7, 11) is -0.964. The van der Waals surface area contributed by atoms with E-state index < -0.39 is 14.0 Å². The van der Waals surface area contributed by atoms with Crippen LogP contribution in [0.4, 0.5) is 0 Å². The first-order valence-electron chi connectivity index (χ1n) is 6.28. The van der Waals surface area contributed by atoms with Gasteiger partial charge >= 0.3 is 14.0 Å². The van der Waals surface area contributed by atoms with Crippen LogP contribution < -0.4 is 0 Å². The quantitative estimate of drug-likeness (QED) is 0.406. The van der Waals surface area contributed by atoms with Gasteiger partial charge in [-0.25, -0.2) is 0 Å². The molecule has 2 aliphatic rings. The summed E-state index contributed by atoms with van der Waals surface area (Å²) >= 11 is 2.27. The van der Waals surface area contributed by atoms with Crippen LogP contribution in [0.25, 0.3) is 0 Å². The molecular formula is C11H21B2IO4. The molecule has 0 aromatic carbocycles. The average Bonchev–Trinajstić information content (AvgIpc) is 2.45. The van der Waals surface area contributed by atoms with Gasteiger partial charge in [0.1, 0.15) is 3.61 Å². The van der Waals surface area contributed by atoms with Gasteiger partial charge in [-0.1, -0.05) is 0 Å². The number of halogens is 1. The van der Waals surface area contributed by atoms with E-state index in [-0.39, 0.29) is 20.4 Å². The molecule has 0 aromatic heterocycles. The van der Waals surface area contributed by atoms with Crippen LogP contribution in [0.2, 0.25) is 0 Å². The van der Waals surface area contributed by atoms with Crippen molar-refractivity contribution in [3.63, 3.8) is 0 Å². The lowest BCUT2D eigenvalue weighted by atomic mass is 9.49. The van der Waals surface area contributed by atoms with Gasteiger partial charge in [0.25, 0.3) is 0 Å². The Morgan fingerprint density at radius 3 is 1.28 bits per heavy atom. The predicted octanol–water partition coefficient (Wildman–Crippen LogP) is 2.62. The second-order valence-electron chi connectivity index (χ2n) is 6.66. The van der Waals surface area contributed by atoms with Crippen molar-refractivity contribution in [2.45, 2.75) is 68.9 Å². The topological polar surface area (TPSA) is 36.9 Å². The van der Waals surface area contributed by atoms with Crippen LogP contribution in [0.1, 0.15) is 48.5 Å². The number of alkyl halides is 1. The Morgan fingerprint density at radius 2 is 0.944 bits per heavy atom. The van der Waals surface area contributed by atoms with E-state index in [1.807, 2.05) is 48.5 Å². The number of hydrogen-bond acceptors (Lipinski definition) is 4. The van der Waals surface area contributed by atoms with Crippen LogP contribution in [-0.4, -0.2) is 34.4 Å². The Morgan fingerprint density at radius 1 is 0.611 bits per heavy atom. The largest absolute Gasteiger partial charge is 0.489 e. The molecule has 2 rings (SSSR count). The molecule has 0 saturated carbocycles. The van der Waals surface area contributed by atoms with Gasteiger partial charge in [0.15, 0.2) is 0 Å². The molecule has 0 aromatic rings. The van der Waals surface area contributed by atoms with Gasteiger partial charge in [0.05, 0.1) is 16.8 Å². The lowest BCUT2D eigenvalue weighted by Gasteiger charge is -2.32. The first kappa shape index (κ1) is 15.1. The minimum absolute atomic E-state index is 0.362. The molecule has 2 fully saturated rings. The van der Waals surface area contributed by atoms with Crippen molar-refractivity contribution in [3.8, 4) is 0 Å². The molecule has 0 amide bonds. The first-order valence-corrected chi connectivity index (χ1v) is 7.36. The van der Waals surface area contributed by atoms with E-state index >= 15 is 0 Å². The maximum absolute atomic E-state index is 5.96. The van der Waals surface area contributed by atoms with Crippen LogP contribution in [0.15, 0.2) is 0 Å². The van der Waals surface area contributed by atoms with Crippen molar-refractivity contribution in [1.29, 1.82) is 0 Å². The van der Waals surface area contributed by atoms with E-state index in [1.165, 1.54) is 0 Å². The fraction of sp³-hybridized carbons (Fsp3) is 1.00. The summed E-state index contributed by atoms with van der Waals surface area (Å²) in [5.74, 6) is 0. The molecule has 0 radical (unpaired) electrons. The van der Waals surface area contributed by atoms with Crippen molar-refractivity contribution in [1.82, 2.24) is 0 Å². The molecule has 2 aliphatic heterocycles. The Labute approximate surface area is 124 Å². The van der Waals surface area contributed by atoms with Crippen molar-refractivity contribution < 1.29 is 18.6 Å². The molecule has 0 spiro atoms. The van der Waals surface area contributed by atoms with Gasteiger partial charge in [0, 0.05) is 0 Å². The van der Waals surface area contributed by atoms with Crippen LogP contribution in [0.5, 0.6) is 0 Å². The normalized spacial score (nSPS) is 37.3. The Bertz CT molecular complexity index is 291. The first-order chi connectivity index (χ1) is 7.88. The minimum Gasteiger partial charge on any atom is -0.405 e. The molecule has 18 heavy (non-hydrogen) atoms. The fourth-order valence-corrected chi connectivity index (χ4v) is 2.27. The van der Waals surface area contributed by atoms with Crippen molar-refractivity contribution in [2.24, 2.45) is 0 Å². The SMILES string of the molecule is CC1(C)OB(B2OC(C)(C)C(C)(I)O2)OC1(C)C. The van der Waals surface area contributed by atoms with Crippen molar-refractivity contribution in [3.05, 3.63) is 0 Å². The number of hydrogen-bond donors (Lipinski definition) is 0. The highest BCUT2D eigenvalue weighted by atomic mass is 127. The maximum Gasteiger partial charge on any atom is 0.489 e. The zero-order chi connectivity index (χ0) is 14.0. The lowest BCUT2D eigenvalue weighted by molar-refractivity contribution is 0.00578. The van der Waals surface area contributed by atoms with Gasteiger partial charge in [0.2, 0.25) is 0 Å². The molecule has 102 valence electrons. The van der Waals surface area contributed by atoms with E-state index in [0.29, 0.717) is 0 Å². The van der Waals surface area contributed by atoms with E-state index in [4.69, 9.17) is 18.6 Å². The Kier molecular flexibility index (Phi) is 3.44. The van der Waals surface area contributed by atoms with Crippen LogP contribution in [0.3, 0.4) is 0 Å². The summed E-state index contributed by atoms with van der Waals surface area (Å²) in [5, 5.41) is 0. The third kappa shape index (κ3) is 2.26. The second kappa shape index (κ2) is 4.10. The third-order valence-electron chi connectivity index (χ3n) is 4.32. The van der Waals surface area contributed by atoms with Crippen molar-refractivity contribution >= 4 is 36.6 Å². The standard InChI is InChI=1S/C11H21B2IO4/c1-8(2)9(3,4)16-12(15-8)13-17-10(5,6)11(7,14)18-13/h1-7H3. The molecule has 0 aliphatic carbocycles. The predicted molar refractivity (Wildman–Crippen MR) is 80.5 cm³/mol. The minimum atomic E-state index is -0.483. The lowest BCUT2D eigenvalue weighted by Crippen LogP contribution is -2.41. The van der Waals surface area contributed by atoms with Gasteiger partial charge < -0.3 is 18.6 Å². The summed E-state index contributed by atoms with van der Waals surface area (Å²) in [6, 6.07) is 0. The second-order valence-corrected chi connectivity index (χ2v) is 8.71. The zero-order valence-electron chi connectivity index (χ0n) is 12.2. The molecule has 1 atom stereocenters. The molecule has 0 N–H and O–H groups in total. The highest BCUT2D eigenvalue weighted by Crippen LogP contribution is 2.45. The van der Waals surface area contributed by atoms with Crippen LogP contribution >= 0.6 is 22.6 Å². The third-order valence-corrected chi connectivity index (χ3v) is 5.87. The summed E-state index contributed by atoms with van der Waals surface area (Å²) in [4.78, 5) is 0. The Balaban J connectivity index is 2.14. The summed E-state index contributed by atoms with van der Waals surface area (Å²) in [6.45, 7) is 14.1. The maximum atomic E-state index is 5.96. The molecule has 1 unspecified atom stereocenters. The molecule has 2 saturated heterocycles. The van der Waals surface area contributed by atoms with Gasteiger partial charge in [-0.15, -0.1) is 0 Å². The molecule has 4 nitrogen and oxygen atoms in total. The van der Waals surface area contributed by atoms with Gasteiger partial charge in [-0.05, 0) is 71.1 Å². The van der Waals surface area contributed by atoms with Crippen LogP contribution in [0, 0.1) is 0 Å². The summed E-state index contributed by atoms with van der Waals surface area (Å²) in [6.07, 6.45) is 0. The zero-order valence-corrected chi connectivity index (χ0v) is 14.3. The highest BCUT2D eigenvalue weighted by molar-refractivity contribution is 14.1. The summed E-state index contributed by atoms with van der Waals surface area (Å²) < 4.78 is 23.4. The molecular weight excluding hydrogens is 345 g/mol. The van der Waals surface area contributed by atoms with Gasteiger partial charge in [-0.3, -0.25) is 0 Å². The smallest absolute Gasteiger partial charge is 0.405 e. The van der Waals surface area contributed by atoms with Gasteiger partial charge in [-0.2, -0.15) is 0 Å². The highest BCUT2D eigenvalue weighted by Gasteiger charge is 2.64. The number of rotatable bonds is 1. The van der Waals surface area contributed by atoms with Crippen molar-refractivity contribution in [2.75, 3.05) is 0 Å². The van der Waals surface area contributed by atoms with E-state index in [0.717, 1.165) is 0 Å². The molecule has 2 heterocycles. The fourth-order valence-electron chi connectivity index (χ4n) is 1.89. The molecule has 7 heteroatoms. The van der Waals surface area contributed by atoms with E-state index in [9.17, 15) is 0 Å². The monoisotopic (exact) mass is 366 g/mol. The Hall–Kier alpha value is 0.700. The molecule has 0 bridgehead atoms. The van der Waals surface area contributed by atoms with E-state index in [2.05, 4.69) is 22.6 Å². The average molecular weight is 366 g/mol.